The highest BCUT2D eigenvalue weighted by atomic mass is 16.8. The van der Waals surface area contributed by atoms with Gasteiger partial charge in [0.15, 0.2) is 6.10 Å². The van der Waals surface area contributed by atoms with Gasteiger partial charge < -0.3 is 30.3 Å². The first kappa shape index (κ1) is 10.4. The third-order valence-electron chi connectivity index (χ3n) is 1.80. The number of cyclic esters (lactones) is 1. The Bertz CT molecular complexity index is 217. The summed E-state index contributed by atoms with van der Waals surface area (Å²) in [5, 5.41) is 44.3. The SMILES string of the molecule is O=C1O[C@]1(O)[C@@H](O)[C@H](O)[C@H](O)CO. The molecule has 0 aromatic heterocycles. The van der Waals surface area contributed by atoms with Crippen LogP contribution in [0, 0.1) is 0 Å². The lowest BCUT2D eigenvalue weighted by atomic mass is 10.0. The van der Waals surface area contributed by atoms with Crippen LogP contribution in [-0.4, -0.2) is 62.2 Å². The Kier molecular flexibility index (Phi) is 2.55. The summed E-state index contributed by atoms with van der Waals surface area (Å²) in [6.07, 6.45) is -5.46. The highest BCUT2D eigenvalue weighted by molar-refractivity contribution is 5.91. The standard InChI is InChI=1S/C6H10O7/c7-1-2(8)3(9)4(10)6(12)5(11)13-6/h2-4,7-10,12H,1H2/t2-,3-,4+,6-/m1/s1. The monoisotopic (exact) mass is 194 g/mol. The number of carbonyl (C=O) groups excluding carboxylic acids is 1. The molecule has 0 aromatic carbocycles. The second-order valence-corrected chi connectivity index (χ2v) is 2.77. The Morgan fingerprint density at radius 2 is 1.85 bits per heavy atom. The molecule has 0 unspecified atom stereocenters. The van der Waals surface area contributed by atoms with Crippen LogP contribution in [0.5, 0.6) is 0 Å². The molecule has 1 rings (SSSR count). The summed E-state index contributed by atoms with van der Waals surface area (Å²) < 4.78 is 4.00. The Hall–Kier alpha value is -0.730. The van der Waals surface area contributed by atoms with E-state index in [0.717, 1.165) is 0 Å². The average Bonchev–Trinajstić information content (AvgIpc) is 2.72. The van der Waals surface area contributed by atoms with Crippen molar-refractivity contribution in [1.29, 1.82) is 0 Å². The molecule has 1 aliphatic rings. The van der Waals surface area contributed by atoms with Gasteiger partial charge in [0.2, 0.25) is 0 Å². The Morgan fingerprint density at radius 3 is 2.15 bits per heavy atom. The molecular weight excluding hydrogens is 184 g/mol. The van der Waals surface area contributed by atoms with Crippen LogP contribution < -0.4 is 0 Å². The van der Waals surface area contributed by atoms with Gasteiger partial charge in [0.25, 0.3) is 0 Å². The molecule has 76 valence electrons. The van der Waals surface area contributed by atoms with Gasteiger partial charge >= 0.3 is 11.8 Å². The molecule has 0 bridgehead atoms. The summed E-state index contributed by atoms with van der Waals surface area (Å²) in [5.41, 5.74) is 0. The molecule has 1 fully saturated rings. The summed E-state index contributed by atoms with van der Waals surface area (Å²) in [5.74, 6) is -3.51. The zero-order valence-corrected chi connectivity index (χ0v) is 6.49. The zero-order valence-electron chi connectivity index (χ0n) is 6.49. The first-order valence-electron chi connectivity index (χ1n) is 3.54. The summed E-state index contributed by atoms with van der Waals surface area (Å²) in [6.45, 7) is -0.803. The molecule has 0 saturated carbocycles. The second-order valence-electron chi connectivity index (χ2n) is 2.77. The van der Waals surface area contributed by atoms with Crippen LogP contribution in [0.4, 0.5) is 0 Å². The van der Waals surface area contributed by atoms with Gasteiger partial charge in [-0.2, -0.15) is 0 Å². The van der Waals surface area contributed by atoms with Gasteiger partial charge in [0.1, 0.15) is 12.2 Å². The van der Waals surface area contributed by atoms with Crippen LogP contribution >= 0.6 is 0 Å². The third-order valence-corrected chi connectivity index (χ3v) is 1.80. The van der Waals surface area contributed by atoms with Gasteiger partial charge in [-0.05, 0) is 0 Å². The molecule has 0 aliphatic carbocycles. The van der Waals surface area contributed by atoms with Crippen LogP contribution in [0.2, 0.25) is 0 Å². The van der Waals surface area contributed by atoms with Crippen molar-refractivity contribution in [3.63, 3.8) is 0 Å². The molecule has 1 heterocycles. The predicted octanol–water partition coefficient (Wildman–Crippen LogP) is -3.69. The van der Waals surface area contributed by atoms with Crippen LogP contribution in [0.1, 0.15) is 0 Å². The van der Waals surface area contributed by atoms with Gasteiger partial charge in [-0.15, -0.1) is 0 Å². The average molecular weight is 194 g/mol. The fourth-order valence-corrected chi connectivity index (χ4v) is 0.847. The maximum atomic E-state index is 10.4. The summed E-state index contributed by atoms with van der Waals surface area (Å²) in [7, 11) is 0. The van der Waals surface area contributed by atoms with Crippen LogP contribution in [0.3, 0.4) is 0 Å². The Labute approximate surface area is 72.8 Å². The molecule has 0 radical (unpaired) electrons. The molecule has 13 heavy (non-hydrogen) atoms. The van der Waals surface area contributed by atoms with E-state index in [1.807, 2.05) is 0 Å². The quantitative estimate of drug-likeness (QED) is 0.291. The maximum absolute atomic E-state index is 10.4. The van der Waals surface area contributed by atoms with E-state index in [9.17, 15) is 4.79 Å². The topological polar surface area (TPSA) is 131 Å². The van der Waals surface area contributed by atoms with Crippen molar-refractivity contribution in [3.05, 3.63) is 0 Å². The number of aliphatic hydroxyl groups is 5. The van der Waals surface area contributed by atoms with E-state index >= 15 is 0 Å². The second kappa shape index (κ2) is 3.20. The number of hydrogen-bond donors (Lipinski definition) is 5. The third kappa shape index (κ3) is 1.64. The number of carbonyl (C=O) groups is 1. The van der Waals surface area contributed by atoms with Crippen molar-refractivity contribution >= 4 is 5.97 Å². The first-order chi connectivity index (χ1) is 5.93. The van der Waals surface area contributed by atoms with Crippen LogP contribution in [0.15, 0.2) is 0 Å². The zero-order chi connectivity index (χ0) is 10.2. The largest absolute Gasteiger partial charge is 0.414 e. The van der Waals surface area contributed by atoms with Crippen LogP contribution in [0.25, 0.3) is 0 Å². The number of epoxide rings is 1. The minimum absolute atomic E-state index is 0.803. The van der Waals surface area contributed by atoms with Crippen LogP contribution in [-0.2, 0) is 9.53 Å². The number of aliphatic hydroxyl groups excluding tert-OH is 4. The molecular formula is C6H10O7. The smallest absolute Gasteiger partial charge is 0.385 e. The molecule has 4 atom stereocenters. The molecule has 0 amide bonds. The Morgan fingerprint density at radius 1 is 1.38 bits per heavy atom. The predicted molar refractivity (Wildman–Crippen MR) is 36.1 cm³/mol. The molecule has 0 spiro atoms. The highest BCUT2D eigenvalue weighted by Gasteiger charge is 2.65. The van der Waals surface area contributed by atoms with Crippen molar-refractivity contribution in [2.45, 2.75) is 24.1 Å². The fourth-order valence-electron chi connectivity index (χ4n) is 0.847. The summed E-state index contributed by atoms with van der Waals surface area (Å²) in [6, 6.07) is 0. The van der Waals surface area contributed by atoms with E-state index in [-0.39, 0.29) is 0 Å². The minimum atomic E-state index is -2.43. The lowest BCUT2D eigenvalue weighted by molar-refractivity contribution is -0.155. The van der Waals surface area contributed by atoms with E-state index in [1.54, 1.807) is 0 Å². The lowest BCUT2D eigenvalue weighted by Gasteiger charge is -2.21. The summed E-state index contributed by atoms with van der Waals surface area (Å²) in [4.78, 5) is 10.4. The van der Waals surface area contributed by atoms with E-state index < -0.39 is 36.7 Å². The van der Waals surface area contributed by atoms with E-state index in [2.05, 4.69) is 4.74 Å². The number of ether oxygens (including phenoxy) is 1. The molecule has 7 heteroatoms. The highest BCUT2D eigenvalue weighted by Crippen LogP contribution is 2.31. The fraction of sp³-hybridized carbons (Fsp3) is 0.833. The van der Waals surface area contributed by atoms with E-state index in [1.165, 1.54) is 0 Å². The van der Waals surface area contributed by atoms with Gasteiger partial charge in [-0.1, -0.05) is 0 Å². The first-order valence-corrected chi connectivity index (χ1v) is 3.54. The molecule has 1 saturated heterocycles. The summed E-state index contributed by atoms with van der Waals surface area (Å²) >= 11 is 0. The number of rotatable bonds is 4. The van der Waals surface area contributed by atoms with Gasteiger partial charge in [-0.3, -0.25) is 0 Å². The minimum Gasteiger partial charge on any atom is -0.414 e. The van der Waals surface area contributed by atoms with Crippen molar-refractivity contribution in [2.24, 2.45) is 0 Å². The van der Waals surface area contributed by atoms with Crippen molar-refractivity contribution in [2.75, 3.05) is 6.61 Å². The molecule has 7 nitrogen and oxygen atoms in total. The van der Waals surface area contributed by atoms with Gasteiger partial charge in [0.05, 0.1) is 6.61 Å². The van der Waals surface area contributed by atoms with Crippen molar-refractivity contribution in [3.8, 4) is 0 Å². The van der Waals surface area contributed by atoms with E-state index in [0.29, 0.717) is 0 Å². The van der Waals surface area contributed by atoms with Crippen molar-refractivity contribution in [1.82, 2.24) is 0 Å². The normalized spacial score (nSPS) is 33.5. The van der Waals surface area contributed by atoms with E-state index in [4.69, 9.17) is 25.5 Å². The number of hydrogen-bond acceptors (Lipinski definition) is 7. The molecule has 1 aliphatic heterocycles. The van der Waals surface area contributed by atoms with Crippen molar-refractivity contribution < 1.29 is 35.1 Å². The lowest BCUT2D eigenvalue weighted by Crippen LogP contribution is -2.48. The van der Waals surface area contributed by atoms with Gasteiger partial charge in [-0.25, -0.2) is 4.79 Å². The van der Waals surface area contributed by atoms with Gasteiger partial charge in [0, 0.05) is 0 Å². The molecule has 0 aromatic rings. The molecule has 5 N–H and O–H groups in total. The maximum Gasteiger partial charge on any atom is 0.385 e. The Balaban J connectivity index is 2.57.